The van der Waals surface area contributed by atoms with Gasteiger partial charge in [-0.15, -0.1) is 0 Å². The van der Waals surface area contributed by atoms with E-state index in [-0.39, 0.29) is 77.4 Å². The van der Waals surface area contributed by atoms with Crippen molar-refractivity contribution in [3.8, 4) is 0 Å². The van der Waals surface area contributed by atoms with Crippen molar-refractivity contribution in [2.75, 3.05) is 0 Å². The van der Waals surface area contributed by atoms with Crippen LogP contribution in [0.5, 0.6) is 0 Å². The van der Waals surface area contributed by atoms with E-state index in [1.165, 1.54) is 0 Å². The Kier molecular flexibility index (Phi) is 205. The summed E-state index contributed by atoms with van der Waals surface area (Å²) in [5, 5.41) is 0. The third-order valence-electron chi connectivity index (χ3n) is 0. The van der Waals surface area contributed by atoms with Crippen molar-refractivity contribution in [2.45, 2.75) is 0 Å². The van der Waals surface area contributed by atoms with Crippen molar-refractivity contribution in [3.05, 3.63) is 0 Å². The second-order valence-corrected chi connectivity index (χ2v) is 1.50. The van der Waals surface area contributed by atoms with Crippen LogP contribution in [0.4, 0.5) is 0 Å². The second kappa shape index (κ2) is 48.1. The van der Waals surface area contributed by atoms with Crippen LogP contribution < -0.4 is 19.2 Å². The van der Waals surface area contributed by atoms with E-state index in [9.17, 15) is 0 Å². The topological polar surface area (TPSA) is 212 Å². The molecule has 0 amide bonds. The molecule has 0 fully saturated rings. The molecule has 0 radical (unpaired) electrons. The molecule has 0 spiro atoms. The molecule has 14 heteroatoms. The average Bonchev–Trinajstić information content (AvgIpc) is 1.25. The zero-order valence-electron chi connectivity index (χ0n) is 6.33. The largest absolute Gasteiger partial charge is 4.00 e. The van der Waals surface area contributed by atoms with E-state index in [1.807, 2.05) is 0 Å². The zero-order chi connectivity index (χ0) is 7.15. The summed E-state index contributed by atoms with van der Waals surface area (Å²) in [6, 6.07) is 0. The van der Waals surface area contributed by atoms with Crippen LogP contribution in [0, 0.1) is 0 Å². The molecule has 0 aromatic carbocycles. The molecule has 0 unspecified atom stereocenters. The first-order valence-corrected chi connectivity index (χ1v) is 3.67. The molecule has 0 aliphatic rings. The molecule has 0 saturated heterocycles. The van der Waals surface area contributed by atoms with Crippen LogP contribution in [-0.2, 0) is 51.6 Å². The molecule has 0 aliphatic heterocycles. The summed E-state index contributed by atoms with van der Waals surface area (Å²) < 4.78 is 17.0. The molecule has 0 aromatic rings. The Morgan fingerprint density at radius 2 is 0.643 bits per heavy atom. The Hall–Kier alpha value is 1.06. The van der Waals surface area contributed by atoms with Crippen LogP contribution in [0.15, 0.2) is 0 Å². The molecule has 0 heterocycles. The summed E-state index contributed by atoms with van der Waals surface area (Å²) in [5.41, 5.74) is 0. The molecule has 72 valence electrons. The Morgan fingerprint density at radius 1 is 0.643 bits per heavy atom. The molecule has 0 N–H and O–H groups in total. The molecule has 0 bridgehead atoms. The van der Waals surface area contributed by atoms with Crippen LogP contribution >= 0.6 is 0 Å². The average molecular weight is 345 g/mol. The summed E-state index contributed by atoms with van der Waals surface area (Å²) in [7, 11) is -7.26. The summed E-state index contributed by atoms with van der Waals surface area (Å²) in [4.78, 5) is 34.1. The van der Waals surface area contributed by atoms with Crippen molar-refractivity contribution in [1.29, 1.82) is 0 Å². The smallest absolute Gasteiger partial charge is 2.00 e. The first-order valence-electron chi connectivity index (χ1n) is 1.22. The minimum absolute atomic E-state index is 0. The molecule has 14 heavy (non-hydrogen) atoms. The van der Waals surface area contributed by atoms with E-state index in [4.69, 9.17) is 28.1 Å². The van der Waals surface area contributed by atoms with Crippen molar-refractivity contribution in [1.82, 2.24) is 0 Å². The van der Waals surface area contributed by atoms with E-state index in [2.05, 4.69) is 0 Å². The summed E-state index contributed by atoms with van der Waals surface area (Å²) >= 11 is 0. The molecular weight excluding hydrogens is 345 g/mol. The van der Waals surface area contributed by atoms with E-state index in [1.54, 1.807) is 0 Å². The van der Waals surface area contributed by atoms with E-state index < -0.39 is 18.3 Å². The third-order valence-corrected chi connectivity index (χ3v) is 0. The predicted molar refractivity (Wildman–Crippen MR) is 26.4 cm³/mol. The summed E-state index contributed by atoms with van der Waals surface area (Å²) in [5.74, 6) is 0. The Morgan fingerprint density at radius 3 is 0.643 bits per heavy atom. The molecule has 0 rings (SSSR count). The first kappa shape index (κ1) is 59.7. The van der Waals surface area contributed by atoms with Crippen LogP contribution in [0.25, 0.3) is 0 Å². The number of hydrogen-bond acceptors (Lipinski definition) is 6. The van der Waals surface area contributed by atoms with Gasteiger partial charge in [-0.3, -0.25) is 0 Å². The fourth-order valence-corrected chi connectivity index (χ4v) is 0. The Bertz CT molecular complexity index is 78.8. The van der Waals surface area contributed by atoms with Gasteiger partial charge in [0.05, 0.1) is 0 Å². The fraction of sp³-hybridized carbons (Fsp3) is 0. The van der Waals surface area contributed by atoms with Crippen LogP contribution in [-0.4, -0.2) is 53.1 Å². The fourth-order valence-electron chi connectivity index (χ4n) is 0. The molecule has 9 nitrogen and oxygen atoms in total. The van der Waals surface area contributed by atoms with Crippen molar-refractivity contribution in [2.24, 2.45) is 0 Å². The quantitative estimate of drug-likeness (QED) is 0.388. The van der Waals surface area contributed by atoms with Gasteiger partial charge in [0.25, 0.3) is 0 Å². The van der Waals surface area contributed by atoms with Crippen LogP contribution in [0.2, 0.25) is 0 Å². The van der Waals surface area contributed by atoms with Gasteiger partial charge in [0, 0.05) is 18.3 Å². The molecule has 0 atom stereocenters. The number of hydrogen-bond donors (Lipinski definition) is 0. The van der Waals surface area contributed by atoms with Gasteiger partial charge in [0.15, 0.2) is 0 Å². The Balaban J connectivity index is -0.00000000600. The predicted octanol–water partition coefficient (Wildman–Crippen LogP) is -6.88. The maximum Gasteiger partial charge on any atom is 4.00 e. The first-order chi connectivity index (χ1) is 3.46. The molecule has 0 aromatic heterocycles. The summed E-state index contributed by atoms with van der Waals surface area (Å²) in [6.45, 7) is 0. The van der Waals surface area contributed by atoms with Gasteiger partial charge in [-0.2, -0.15) is 0 Å². The van der Waals surface area contributed by atoms with Gasteiger partial charge in [-0.1, -0.05) is 0 Å². The van der Waals surface area contributed by atoms with Gasteiger partial charge < -0.3 is 44.5 Å². The standard InChI is InChI=1S/2Al.2O3Si.3O.Zr/c;;2*1-4(2)3;;;;/q2*+3;5*-2;+4. The normalized spacial score (nSPS) is 3.43. The van der Waals surface area contributed by atoms with Crippen molar-refractivity contribution < 1.29 is 70.7 Å². The van der Waals surface area contributed by atoms with Gasteiger partial charge in [0.1, 0.15) is 0 Å². The minimum Gasteiger partial charge on any atom is -2.00 e. The molecule has 0 aliphatic carbocycles. The maximum absolute atomic E-state index is 8.52. The van der Waals surface area contributed by atoms with Gasteiger partial charge in [-0.05, 0) is 0 Å². The van der Waals surface area contributed by atoms with Crippen LogP contribution in [0.3, 0.4) is 0 Å². The zero-order valence-corrected chi connectivity index (χ0v) is 13.1. The Labute approximate surface area is 123 Å². The van der Waals surface area contributed by atoms with E-state index in [0.717, 1.165) is 0 Å². The molecular formula is Al2O9Si2Zr. The van der Waals surface area contributed by atoms with E-state index >= 15 is 0 Å². The third kappa shape index (κ3) is 1690. The van der Waals surface area contributed by atoms with Crippen LogP contribution in [0.1, 0.15) is 0 Å². The van der Waals surface area contributed by atoms with Crippen molar-refractivity contribution >= 4 is 53.1 Å². The second-order valence-electron chi connectivity index (χ2n) is 0.500. The van der Waals surface area contributed by atoms with Gasteiger partial charge in [0.2, 0.25) is 0 Å². The van der Waals surface area contributed by atoms with E-state index in [0.29, 0.717) is 0 Å². The SMILES string of the molecule is O=[Si]([O-])[O-].O=[Si]([O-])[O-].[Al+3].[Al+3].[O-2].[O-2].[O-2].[Zr+4]. The monoisotopic (exact) mass is 344 g/mol. The minimum atomic E-state index is -3.63. The van der Waals surface area contributed by atoms with Gasteiger partial charge in [-0.25, -0.2) is 0 Å². The maximum atomic E-state index is 8.52. The van der Waals surface area contributed by atoms with Gasteiger partial charge >= 0.3 is 60.9 Å². The molecule has 0 saturated carbocycles. The number of rotatable bonds is 0. The van der Waals surface area contributed by atoms with Crippen molar-refractivity contribution in [3.63, 3.8) is 0 Å². The summed E-state index contributed by atoms with van der Waals surface area (Å²) in [6.07, 6.45) is 0.